The fourth-order valence-corrected chi connectivity index (χ4v) is 3.71. The quantitative estimate of drug-likeness (QED) is 0.621. The highest BCUT2D eigenvalue weighted by Crippen LogP contribution is 2.40. The van der Waals surface area contributed by atoms with Crippen molar-refractivity contribution in [1.29, 1.82) is 0 Å². The average Bonchev–Trinajstić information content (AvgIpc) is 2.40. The van der Waals surface area contributed by atoms with Crippen LogP contribution in [0.2, 0.25) is 0 Å². The van der Waals surface area contributed by atoms with E-state index in [2.05, 4.69) is 40.1 Å². The van der Waals surface area contributed by atoms with Crippen LogP contribution < -0.4 is 5.32 Å². The Morgan fingerprint density at radius 1 is 1.16 bits per heavy atom. The molecule has 0 heterocycles. The molecular formula is C18H37N. The Balaban J connectivity index is 2.44. The van der Waals surface area contributed by atoms with Gasteiger partial charge in [0.1, 0.15) is 0 Å². The Kier molecular flexibility index (Phi) is 7.42. The van der Waals surface area contributed by atoms with E-state index >= 15 is 0 Å². The van der Waals surface area contributed by atoms with Crippen LogP contribution in [0.15, 0.2) is 0 Å². The Bertz CT molecular complexity index is 224. The summed E-state index contributed by atoms with van der Waals surface area (Å²) in [6.07, 6.45) is 12.7. The van der Waals surface area contributed by atoms with Gasteiger partial charge in [-0.3, -0.25) is 0 Å². The molecule has 114 valence electrons. The van der Waals surface area contributed by atoms with Crippen LogP contribution in [-0.2, 0) is 0 Å². The van der Waals surface area contributed by atoms with Crippen molar-refractivity contribution in [3.8, 4) is 0 Å². The second-order valence-electron chi connectivity index (χ2n) is 7.55. The van der Waals surface area contributed by atoms with Gasteiger partial charge >= 0.3 is 0 Å². The summed E-state index contributed by atoms with van der Waals surface area (Å²) in [7, 11) is 2.18. The third-order valence-electron chi connectivity index (χ3n) is 5.45. The van der Waals surface area contributed by atoms with Gasteiger partial charge < -0.3 is 5.32 Å². The fraction of sp³-hybridized carbons (Fsp3) is 1.00. The van der Waals surface area contributed by atoms with Crippen molar-refractivity contribution in [2.24, 2.45) is 17.3 Å². The first kappa shape index (κ1) is 17.0. The molecule has 0 aromatic heterocycles. The minimum atomic E-state index is 0.598. The largest absolute Gasteiger partial charge is 0.317 e. The van der Waals surface area contributed by atoms with Crippen LogP contribution in [0.1, 0.15) is 85.5 Å². The molecule has 0 spiro atoms. The van der Waals surface area contributed by atoms with Gasteiger partial charge in [0.2, 0.25) is 0 Å². The van der Waals surface area contributed by atoms with E-state index in [4.69, 9.17) is 0 Å². The van der Waals surface area contributed by atoms with Crippen LogP contribution >= 0.6 is 0 Å². The van der Waals surface area contributed by atoms with Crippen molar-refractivity contribution < 1.29 is 0 Å². The number of unbranched alkanes of at least 4 members (excludes halogenated alkanes) is 1. The molecule has 1 nitrogen and oxygen atoms in total. The molecule has 1 heteroatoms. The van der Waals surface area contributed by atoms with Gasteiger partial charge in [-0.15, -0.1) is 0 Å². The Morgan fingerprint density at radius 2 is 1.79 bits per heavy atom. The highest BCUT2D eigenvalue weighted by Gasteiger charge is 2.31. The minimum Gasteiger partial charge on any atom is -0.317 e. The van der Waals surface area contributed by atoms with Crippen molar-refractivity contribution in [1.82, 2.24) is 5.32 Å². The van der Waals surface area contributed by atoms with Crippen LogP contribution in [0.3, 0.4) is 0 Å². The molecular weight excluding hydrogens is 230 g/mol. The molecule has 1 fully saturated rings. The van der Waals surface area contributed by atoms with Gasteiger partial charge in [0, 0.05) is 6.04 Å². The molecule has 19 heavy (non-hydrogen) atoms. The third-order valence-corrected chi connectivity index (χ3v) is 5.45. The highest BCUT2D eigenvalue weighted by atomic mass is 14.9. The molecule has 1 aliphatic rings. The number of rotatable bonds is 8. The van der Waals surface area contributed by atoms with Crippen LogP contribution in [0.5, 0.6) is 0 Å². The van der Waals surface area contributed by atoms with Crippen molar-refractivity contribution >= 4 is 0 Å². The summed E-state index contributed by atoms with van der Waals surface area (Å²) in [4.78, 5) is 0. The average molecular weight is 268 g/mol. The lowest BCUT2D eigenvalue weighted by molar-refractivity contribution is 0.151. The molecule has 0 amide bonds. The van der Waals surface area contributed by atoms with E-state index in [1.54, 1.807) is 0 Å². The second-order valence-corrected chi connectivity index (χ2v) is 7.55. The van der Waals surface area contributed by atoms with Gasteiger partial charge in [-0.25, -0.2) is 0 Å². The van der Waals surface area contributed by atoms with E-state index in [9.17, 15) is 0 Å². The monoisotopic (exact) mass is 267 g/mol. The molecule has 0 saturated heterocycles. The van der Waals surface area contributed by atoms with Crippen LogP contribution in [0.4, 0.5) is 0 Å². The molecule has 1 N–H and O–H groups in total. The van der Waals surface area contributed by atoms with Crippen molar-refractivity contribution in [3.63, 3.8) is 0 Å². The molecule has 2 unspecified atom stereocenters. The summed E-state index contributed by atoms with van der Waals surface area (Å²) in [5.41, 5.74) is 0.598. The second kappa shape index (κ2) is 8.29. The maximum absolute atomic E-state index is 3.64. The minimum absolute atomic E-state index is 0.598. The summed E-state index contributed by atoms with van der Waals surface area (Å²) < 4.78 is 0. The van der Waals surface area contributed by atoms with E-state index in [1.165, 1.54) is 57.8 Å². The summed E-state index contributed by atoms with van der Waals surface area (Å²) in [6.45, 7) is 9.56. The van der Waals surface area contributed by atoms with Crippen molar-refractivity contribution in [2.45, 2.75) is 91.5 Å². The summed E-state index contributed by atoms with van der Waals surface area (Å²) >= 11 is 0. The van der Waals surface area contributed by atoms with E-state index in [0.29, 0.717) is 5.41 Å². The van der Waals surface area contributed by atoms with Gasteiger partial charge in [-0.1, -0.05) is 53.4 Å². The van der Waals surface area contributed by atoms with E-state index in [1.807, 2.05) is 0 Å². The number of nitrogens with one attached hydrogen (secondary N) is 1. The predicted molar refractivity (Wildman–Crippen MR) is 86.5 cm³/mol. The van der Waals surface area contributed by atoms with Gasteiger partial charge in [0.25, 0.3) is 0 Å². The first-order valence-electron chi connectivity index (χ1n) is 8.69. The fourth-order valence-electron chi connectivity index (χ4n) is 3.71. The maximum atomic E-state index is 3.64. The molecule has 0 aromatic carbocycles. The lowest BCUT2D eigenvalue weighted by Crippen LogP contribution is -2.38. The van der Waals surface area contributed by atoms with Gasteiger partial charge in [0.05, 0.1) is 0 Å². The number of hydrogen-bond acceptors (Lipinski definition) is 1. The van der Waals surface area contributed by atoms with Crippen LogP contribution in [-0.4, -0.2) is 13.1 Å². The summed E-state index contributed by atoms with van der Waals surface area (Å²) in [5, 5.41) is 3.64. The molecule has 0 bridgehead atoms. The molecule has 0 radical (unpaired) electrons. The smallest absolute Gasteiger partial charge is 0.00949 e. The zero-order valence-electron chi connectivity index (χ0n) is 14.1. The van der Waals surface area contributed by atoms with Crippen molar-refractivity contribution in [2.75, 3.05) is 7.05 Å². The molecule has 1 rings (SSSR count). The molecule has 0 aromatic rings. The van der Waals surface area contributed by atoms with Gasteiger partial charge in [0.15, 0.2) is 0 Å². The first-order chi connectivity index (χ1) is 9.02. The van der Waals surface area contributed by atoms with E-state index < -0.39 is 0 Å². The summed E-state index contributed by atoms with van der Waals surface area (Å²) in [5.74, 6) is 1.86. The predicted octanol–water partition coefficient (Wildman–Crippen LogP) is 5.40. The summed E-state index contributed by atoms with van der Waals surface area (Å²) in [6, 6.07) is 0.762. The van der Waals surface area contributed by atoms with E-state index in [-0.39, 0.29) is 0 Å². The van der Waals surface area contributed by atoms with Gasteiger partial charge in [-0.05, 0) is 56.4 Å². The Labute approximate surface area is 121 Å². The first-order valence-corrected chi connectivity index (χ1v) is 8.69. The normalized spacial score (nSPS) is 23.2. The molecule has 1 aliphatic carbocycles. The van der Waals surface area contributed by atoms with Crippen molar-refractivity contribution in [3.05, 3.63) is 0 Å². The Hall–Kier alpha value is -0.0400. The molecule has 2 atom stereocenters. The lowest BCUT2D eigenvalue weighted by atomic mass is 9.70. The third kappa shape index (κ3) is 5.85. The van der Waals surface area contributed by atoms with Crippen LogP contribution in [0.25, 0.3) is 0 Å². The standard InChI is InChI=1S/C18H37N/c1-6-8-9-15(7-2)14-17(19-5)16-10-12-18(3,4)13-11-16/h15-17,19H,6-14H2,1-5H3. The lowest BCUT2D eigenvalue weighted by Gasteiger charge is -2.39. The van der Waals surface area contributed by atoms with E-state index in [0.717, 1.165) is 17.9 Å². The topological polar surface area (TPSA) is 12.0 Å². The number of hydrogen-bond donors (Lipinski definition) is 1. The molecule has 1 saturated carbocycles. The zero-order chi connectivity index (χ0) is 14.3. The zero-order valence-corrected chi connectivity index (χ0v) is 14.1. The molecule has 0 aliphatic heterocycles. The van der Waals surface area contributed by atoms with Gasteiger partial charge in [-0.2, -0.15) is 0 Å². The van der Waals surface area contributed by atoms with Crippen LogP contribution in [0, 0.1) is 17.3 Å². The Morgan fingerprint density at radius 3 is 2.26 bits per heavy atom. The maximum Gasteiger partial charge on any atom is 0.00949 e. The SMILES string of the molecule is CCCCC(CC)CC(NC)C1CCC(C)(C)CC1. The highest BCUT2D eigenvalue weighted by molar-refractivity contribution is 4.85.